The van der Waals surface area contributed by atoms with E-state index in [1.807, 2.05) is 13.8 Å². The Balaban J connectivity index is 1.51. The molecule has 2 aromatic heterocycles. The van der Waals surface area contributed by atoms with Crippen LogP contribution in [0.4, 0.5) is 17.8 Å². The predicted molar refractivity (Wildman–Crippen MR) is 121 cm³/mol. The summed E-state index contributed by atoms with van der Waals surface area (Å²) in [6, 6.07) is -0.0681. The van der Waals surface area contributed by atoms with Crippen LogP contribution < -0.4 is 20.7 Å². The minimum atomic E-state index is -3.59. The van der Waals surface area contributed by atoms with Gasteiger partial charge in [0.25, 0.3) is 10.0 Å². The fourth-order valence-electron chi connectivity index (χ4n) is 3.58. The summed E-state index contributed by atoms with van der Waals surface area (Å²) in [7, 11) is -1.81. The number of imidazole rings is 1. The zero-order valence-electron chi connectivity index (χ0n) is 18.6. The Hall–Kier alpha value is -2.47. The third-order valence-corrected chi connectivity index (χ3v) is 6.78. The molecule has 31 heavy (non-hydrogen) atoms. The molecule has 3 rings (SSSR count). The summed E-state index contributed by atoms with van der Waals surface area (Å²) in [5.74, 6) is 2.72. The second kappa shape index (κ2) is 10.2. The van der Waals surface area contributed by atoms with Crippen LogP contribution in [-0.2, 0) is 17.1 Å². The lowest BCUT2D eigenvalue weighted by atomic mass is 9.86. The Morgan fingerprint density at radius 1 is 0.935 bits per heavy atom. The summed E-state index contributed by atoms with van der Waals surface area (Å²) in [4.78, 5) is 17.3. The van der Waals surface area contributed by atoms with Crippen LogP contribution in [0.1, 0.15) is 45.4 Å². The molecule has 0 aromatic carbocycles. The second-order valence-electron chi connectivity index (χ2n) is 7.82. The molecule has 1 fully saturated rings. The van der Waals surface area contributed by atoms with Gasteiger partial charge in [-0.1, -0.05) is 0 Å². The Morgan fingerprint density at radius 2 is 1.48 bits per heavy atom. The standard InChI is InChI=1S/C19H33N9O2S/c1-5-20-17-24-18(21-6-2)26-19(25-17)22-11-14-7-9-15(10-8-14)27-31(29,30)16-12-28(4)13(3)23-16/h12,14-15,27H,5-11H2,1-4H3,(H3,20,21,22,24,25,26). The molecular weight excluding hydrogens is 418 g/mol. The molecule has 172 valence electrons. The molecule has 2 heterocycles. The minimum Gasteiger partial charge on any atom is -0.354 e. The van der Waals surface area contributed by atoms with Gasteiger partial charge in [-0.15, -0.1) is 0 Å². The number of aromatic nitrogens is 5. The first-order chi connectivity index (χ1) is 14.8. The highest BCUT2D eigenvalue weighted by molar-refractivity contribution is 7.89. The molecule has 0 unspecified atom stereocenters. The van der Waals surface area contributed by atoms with E-state index < -0.39 is 10.0 Å². The summed E-state index contributed by atoms with van der Waals surface area (Å²) in [6.45, 7) is 7.96. The number of nitrogens with zero attached hydrogens (tertiary/aromatic N) is 5. The summed E-state index contributed by atoms with van der Waals surface area (Å²) in [5.41, 5.74) is 0. The molecule has 0 spiro atoms. The van der Waals surface area contributed by atoms with Crippen molar-refractivity contribution in [1.82, 2.24) is 29.2 Å². The van der Waals surface area contributed by atoms with Crippen molar-refractivity contribution in [3.05, 3.63) is 12.0 Å². The number of rotatable bonds is 10. The van der Waals surface area contributed by atoms with Crippen molar-refractivity contribution in [2.45, 2.75) is 57.5 Å². The molecule has 1 saturated carbocycles. The molecule has 1 aliphatic carbocycles. The molecule has 0 amide bonds. The first-order valence-corrected chi connectivity index (χ1v) is 12.3. The van der Waals surface area contributed by atoms with E-state index in [0.29, 0.717) is 29.6 Å². The van der Waals surface area contributed by atoms with Crippen LogP contribution in [0.15, 0.2) is 11.2 Å². The van der Waals surface area contributed by atoms with Gasteiger partial charge in [-0.3, -0.25) is 0 Å². The fourth-order valence-corrected chi connectivity index (χ4v) is 4.93. The van der Waals surface area contributed by atoms with Gasteiger partial charge in [0.2, 0.25) is 17.8 Å². The predicted octanol–water partition coefficient (Wildman–Crippen LogP) is 1.73. The smallest absolute Gasteiger partial charge is 0.259 e. The van der Waals surface area contributed by atoms with Gasteiger partial charge in [0.1, 0.15) is 5.82 Å². The lowest BCUT2D eigenvalue weighted by Crippen LogP contribution is -2.38. The molecule has 1 aliphatic rings. The monoisotopic (exact) mass is 451 g/mol. The normalized spacial score (nSPS) is 19.2. The van der Waals surface area contributed by atoms with E-state index in [2.05, 4.69) is 40.6 Å². The summed E-state index contributed by atoms with van der Waals surface area (Å²) in [5, 5.41) is 9.63. The average Bonchev–Trinajstić information content (AvgIpc) is 3.07. The minimum absolute atomic E-state index is 0.0681. The highest BCUT2D eigenvalue weighted by atomic mass is 32.2. The van der Waals surface area contributed by atoms with Gasteiger partial charge in [0.05, 0.1) is 0 Å². The van der Waals surface area contributed by atoms with Crippen LogP contribution in [0.2, 0.25) is 0 Å². The maximum absolute atomic E-state index is 12.6. The van der Waals surface area contributed by atoms with Crippen molar-refractivity contribution in [2.24, 2.45) is 13.0 Å². The third-order valence-electron chi connectivity index (χ3n) is 5.38. The van der Waals surface area contributed by atoms with Crippen molar-refractivity contribution in [1.29, 1.82) is 0 Å². The van der Waals surface area contributed by atoms with Gasteiger partial charge >= 0.3 is 0 Å². The number of sulfonamides is 1. The van der Waals surface area contributed by atoms with Crippen LogP contribution in [-0.4, -0.2) is 58.6 Å². The quantitative estimate of drug-likeness (QED) is 0.425. The molecule has 12 heteroatoms. The van der Waals surface area contributed by atoms with Gasteiger partial charge in [-0.25, -0.2) is 18.1 Å². The Labute approximate surface area is 183 Å². The third kappa shape index (κ3) is 6.26. The van der Waals surface area contributed by atoms with E-state index in [-0.39, 0.29) is 11.1 Å². The number of hydrogen-bond acceptors (Lipinski definition) is 9. The van der Waals surface area contributed by atoms with Crippen LogP contribution in [0.5, 0.6) is 0 Å². The molecular formula is C19H33N9O2S. The highest BCUT2D eigenvalue weighted by Crippen LogP contribution is 2.26. The summed E-state index contributed by atoms with van der Waals surface area (Å²) in [6.07, 6.45) is 4.98. The molecule has 11 nitrogen and oxygen atoms in total. The van der Waals surface area contributed by atoms with Gasteiger partial charge in [0.15, 0.2) is 5.03 Å². The Morgan fingerprint density at radius 3 is 1.97 bits per heavy atom. The zero-order chi connectivity index (χ0) is 22.4. The van der Waals surface area contributed by atoms with Gasteiger partial charge in [-0.2, -0.15) is 15.0 Å². The Kier molecular flexibility index (Phi) is 7.65. The molecule has 0 radical (unpaired) electrons. The summed E-state index contributed by atoms with van der Waals surface area (Å²) >= 11 is 0. The second-order valence-corrected chi connectivity index (χ2v) is 9.48. The van der Waals surface area contributed by atoms with Crippen molar-refractivity contribution >= 4 is 27.9 Å². The maximum atomic E-state index is 12.6. The van der Waals surface area contributed by atoms with Crippen LogP contribution in [0, 0.1) is 12.8 Å². The molecule has 0 saturated heterocycles. The average molecular weight is 452 g/mol. The maximum Gasteiger partial charge on any atom is 0.259 e. The first-order valence-electron chi connectivity index (χ1n) is 10.8. The SMILES string of the molecule is CCNc1nc(NCC)nc(NCC2CCC(NS(=O)(=O)c3cn(C)c(C)n3)CC2)n1. The molecule has 0 bridgehead atoms. The molecule has 4 N–H and O–H groups in total. The number of anilines is 3. The van der Waals surface area contributed by atoms with Crippen LogP contribution >= 0.6 is 0 Å². The Bertz CT molecular complexity index is 925. The lowest BCUT2D eigenvalue weighted by Gasteiger charge is -2.28. The largest absolute Gasteiger partial charge is 0.354 e. The topological polar surface area (TPSA) is 139 Å². The molecule has 0 atom stereocenters. The number of hydrogen-bond donors (Lipinski definition) is 4. The molecule has 0 aliphatic heterocycles. The zero-order valence-corrected chi connectivity index (χ0v) is 19.5. The van der Waals surface area contributed by atoms with E-state index in [9.17, 15) is 8.42 Å². The van der Waals surface area contributed by atoms with Gasteiger partial charge in [0, 0.05) is 38.9 Å². The van der Waals surface area contributed by atoms with Crippen LogP contribution in [0.3, 0.4) is 0 Å². The van der Waals surface area contributed by atoms with Crippen molar-refractivity contribution in [3.63, 3.8) is 0 Å². The lowest BCUT2D eigenvalue weighted by molar-refractivity contribution is 0.323. The van der Waals surface area contributed by atoms with Gasteiger partial charge in [-0.05, 0) is 52.4 Å². The van der Waals surface area contributed by atoms with E-state index in [1.54, 1.807) is 24.7 Å². The van der Waals surface area contributed by atoms with Crippen molar-refractivity contribution < 1.29 is 8.42 Å². The molecule has 2 aromatic rings. The van der Waals surface area contributed by atoms with Gasteiger partial charge < -0.3 is 20.5 Å². The van der Waals surface area contributed by atoms with Crippen molar-refractivity contribution in [3.8, 4) is 0 Å². The number of nitrogens with one attached hydrogen (secondary N) is 4. The van der Waals surface area contributed by atoms with Crippen LogP contribution in [0.25, 0.3) is 0 Å². The summed E-state index contributed by atoms with van der Waals surface area (Å²) < 4.78 is 29.7. The van der Waals surface area contributed by atoms with E-state index >= 15 is 0 Å². The first kappa shape index (κ1) is 23.2. The number of aryl methyl sites for hydroxylation is 2. The van der Waals surface area contributed by atoms with E-state index in [4.69, 9.17) is 0 Å². The fraction of sp³-hybridized carbons (Fsp3) is 0.684. The van der Waals surface area contributed by atoms with E-state index in [1.165, 1.54) is 0 Å². The van der Waals surface area contributed by atoms with E-state index in [0.717, 1.165) is 45.3 Å². The highest BCUT2D eigenvalue weighted by Gasteiger charge is 2.27. The van der Waals surface area contributed by atoms with Crippen molar-refractivity contribution in [2.75, 3.05) is 35.6 Å².